The number of pyridine rings is 1. The zero-order valence-corrected chi connectivity index (χ0v) is 16.4. The quantitative estimate of drug-likeness (QED) is 0.724. The predicted molar refractivity (Wildman–Crippen MR) is 101 cm³/mol. The largest absolute Gasteiger partial charge is 0.493 e. The van der Waals surface area contributed by atoms with Crippen molar-refractivity contribution in [2.24, 2.45) is 0 Å². The highest BCUT2D eigenvalue weighted by Crippen LogP contribution is 2.33. The van der Waals surface area contributed by atoms with Crippen molar-refractivity contribution >= 4 is 5.91 Å². The summed E-state index contributed by atoms with van der Waals surface area (Å²) in [6.45, 7) is 1.13. The number of carbonyl (C=O) groups excluding carboxylic acids is 1. The zero-order valence-electron chi connectivity index (χ0n) is 16.4. The Morgan fingerprint density at radius 3 is 2.41 bits per heavy atom. The summed E-state index contributed by atoms with van der Waals surface area (Å²) in [6.07, 6.45) is -1.50. The molecular weight excluding hydrogens is 385 g/mol. The number of halogens is 3. The van der Waals surface area contributed by atoms with Gasteiger partial charge in [0, 0.05) is 31.4 Å². The lowest BCUT2D eigenvalue weighted by Gasteiger charge is -2.29. The highest BCUT2D eigenvalue weighted by atomic mass is 19.4. The molecular formula is C21H23F3N2O3. The Kier molecular flexibility index (Phi) is 6.30. The molecule has 1 aliphatic heterocycles. The Morgan fingerprint density at radius 1 is 1.14 bits per heavy atom. The third kappa shape index (κ3) is 4.99. The second-order valence-electron chi connectivity index (χ2n) is 6.93. The van der Waals surface area contributed by atoms with Gasteiger partial charge in [0.1, 0.15) is 0 Å². The van der Waals surface area contributed by atoms with Crippen LogP contribution in [-0.4, -0.2) is 36.6 Å². The summed E-state index contributed by atoms with van der Waals surface area (Å²) in [4.78, 5) is 18.2. The minimum atomic E-state index is -4.39. The van der Waals surface area contributed by atoms with E-state index in [4.69, 9.17) is 9.47 Å². The molecule has 1 aromatic carbocycles. The molecule has 2 heterocycles. The maximum absolute atomic E-state index is 12.6. The molecule has 0 saturated carbocycles. The molecule has 0 radical (unpaired) electrons. The molecule has 1 amide bonds. The van der Waals surface area contributed by atoms with Gasteiger partial charge in [0.05, 0.1) is 19.8 Å². The minimum absolute atomic E-state index is 0.0253. The van der Waals surface area contributed by atoms with Crippen LogP contribution in [0.2, 0.25) is 0 Å². The van der Waals surface area contributed by atoms with Crippen molar-refractivity contribution in [3.63, 3.8) is 0 Å². The Labute approximate surface area is 167 Å². The topological polar surface area (TPSA) is 51.7 Å². The van der Waals surface area contributed by atoms with Crippen molar-refractivity contribution in [3.05, 3.63) is 52.8 Å². The summed E-state index contributed by atoms with van der Waals surface area (Å²) in [5.41, 5.74) is 1.95. The van der Waals surface area contributed by atoms with Gasteiger partial charge in [-0.25, -0.2) is 0 Å². The van der Waals surface area contributed by atoms with Crippen LogP contribution in [0.5, 0.6) is 11.5 Å². The maximum Gasteiger partial charge on any atom is 0.417 e. The molecule has 3 rings (SSSR count). The highest BCUT2D eigenvalue weighted by Gasteiger charge is 2.30. The molecule has 0 aliphatic carbocycles. The molecule has 8 heteroatoms. The molecule has 0 saturated heterocycles. The first kappa shape index (κ1) is 21.0. The van der Waals surface area contributed by atoms with Gasteiger partial charge in [-0.05, 0) is 54.7 Å². The standard InChI is InChI=1S/C21H23F3N2O3/c1-28-18-10-14-8-9-26(13-15(14)11-19(18)29-2)20(27)5-3-4-17-7-6-16(12-25-17)21(22,23)24/h6-7,10-12H,3-5,8-9,13H2,1-2H3. The molecule has 1 aromatic heterocycles. The maximum atomic E-state index is 12.6. The van der Waals surface area contributed by atoms with Gasteiger partial charge < -0.3 is 14.4 Å². The summed E-state index contributed by atoms with van der Waals surface area (Å²) in [6, 6.07) is 6.24. The number of nitrogens with zero attached hydrogens (tertiary/aromatic N) is 2. The molecule has 0 atom stereocenters. The lowest BCUT2D eigenvalue weighted by molar-refractivity contribution is -0.137. The number of aryl methyl sites for hydroxylation is 1. The molecule has 0 bridgehead atoms. The number of amides is 1. The van der Waals surface area contributed by atoms with Crippen LogP contribution in [0.25, 0.3) is 0 Å². The lowest BCUT2D eigenvalue weighted by atomic mass is 9.98. The number of alkyl halides is 3. The fourth-order valence-corrected chi connectivity index (χ4v) is 3.41. The van der Waals surface area contributed by atoms with Crippen molar-refractivity contribution in [2.45, 2.75) is 38.4 Å². The van der Waals surface area contributed by atoms with Crippen LogP contribution in [0.15, 0.2) is 30.5 Å². The summed E-state index contributed by atoms with van der Waals surface area (Å²) < 4.78 is 48.4. The fourth-order valence-electron chi connectivity index (χ4n) is 3.41. The van der Waals surface area contributed by atoms with E-state index < -0.39 is 11.7 Å². The molecule has 0 unspecified atom stereocenters. The lowest BCUT2D eigenvalue weighted by Crippen LogP contribution is -2.35. The van der Waals surface area contributed by atoms with Gasteiger partial charge in [0.25, 0.3) is 0 Å². The highest BCUT2D eigenvalue weighted by molar-refractivity contribution is 5.76. The Balaban J connectivity index is 1.54. The zero-order chi connectivity index (χ0) is 21.0. The summed E-state index contributed by atoms with van der Waals surface area (Å²) in [7, 11) is 3.17. The van der Waals surface area contributed by atoms with Gasteiger partial charge in [0.2, 0.25) is 5.91 Å². The Hall–Kier alpha value is -2.77. The van der Waals surface area contributed by atoms with E-state index in [-0.39, 0.29) is 5.91 Å². The van der Waals surface area contributed by atoms with E-state index in [1.165, 1.54) is 6.07 Å². The van der Waals surface area contributed by atoms with Crippen LogP contribution in [-0.2, 0) is 30.4 Å². The van der Waals surface area contributed by atoms with Gasteiger partial charge >= 0.3 is 6.18 Å². The molecule has 5 nitrogen and oxygen atoms in total. The number of methoxy groups -OCH3 is 2. The normalized spacial score (nSPS) is 13.8. The molecule has 29 heavy (non-hydrogen) atoms. The number of rotatable bonds is 6. The Bertz CT molecular complexity index is 867. The molecule has 2 aromatic rings. The number of aromatic nitrogens is 1. The van der Waals surface area contributed by atoms with E-state index in [1.807, 2.05) is 12.1 Å². The van der Waals surface area contributed by atoms with Crippen LogP contribution in [0.1, 0.15) is 35.2 Å². The van der Waals surface area contributed by atoms with Gasteiger partial charge in [-0.15, -0.1) is 0 Å². The molecule has 0 spiro atoms. The third-order valence-corrected chi connectivity index (χ3v) is 5.05. The van der Waals surface area contributed by atoms with Crippen molar-refractivity contribution in [1.82, 2.24) is 9.88 Å². The van der Waals surface area contributed by atoms with E-state index in [2.05, 4.69) is 4.98 Å². The van der Waals surface area contributed by atoms with Crippen LogP contribution in [0.4, 0.5) is 13.2 Å². The van der Waals surface area contributed by atoms with Crippen molar-refractivity contribution < 1.29 is 27.4 Å². The van der Waals surface area contributed by atoms with E-state index in [0.29, 0.717) is 49.5 Å². The molecule has 0 N–H and O–H groups in total. The van der Waals surface area contributed by atoms with Gasteiger partial charge in [-0.2, -0.15) is 13.2 Å². The number of benzene rings is 1. The van der Waals surface area contributed by atoms with E-state index in [0.717, 1.165) is 29.8 Å². The number of hydrogen-bond acceptors (Lipinski definition) is 4. The first-order valence-corrected chi connectivity index (χ1v) is 9.35. The Morgan fingerprint density at radius 2 is 1.83 bits per heavy atom. The van der Waals surface area contributed by atoms with Gasteiger partial charge in [-0.3, -0.25) is 9.78 Å². The molecule has 1 aliphatic rings. The summed E-state index contributed by atoms with van der Waals surface area (Å²) in [5, 5.41) is 0. The number of fused-ring (bicyclic) bond motifs is 1. The van der Waals surface area contributed by atoms with Crippen LogP contribution >= 0.6 is 0 Å². The second-order valence-corrected chi connectivity index (χ2v) is 6.93. The predicted octanol–water partition coefficient (Wildman–Crippen LogP) is 4.03. The first-order valence-electron chi connectivity index (χ1n) is 9.35. The number of hydrogen-bond donors (Lipinski definition) is 0. The average molecular weight is 408 g/mol. The SMILES string of the molecule is COc1cc2c(cc1OC)CN(C(=O)CCCc1ccc(C(F)(F)F)cn1)CC2. The molecule has 156 valence electrons. The second kappa shape index (κ2) is 8.71. The number of ether oxygens (including phenoxy) is 2. The number of carbonyl (C=O) groups is 1. The van der Waals surface area contributed by atoms with Crippen LogP contribution in [0.3, 0.4) is 0 Å². The van der Waals surface area contributed by atoms with Crippen LogP contribution < -0.4 is 9.47 Å². The van der Waals surface area contributed by atoms with E-state index in [9.17, 15) is 18.0 Å². The van der Waals surface area contributed by atoms with Gasteiger partial charge in [0.15, 0.2) is 11.5 Å². The van der Waals surface area contributed by atoms with Crippen molar-refractivity contribution in [1.29, 1.82) is 0 Å². The van der Waals surface area contributed by atoms with Crippen molar-refractivity contribution in [3.8, 4) is 11.5 Å². The van der Waals surface area contributed by atoms with E-state index >= 15 is 0 Å². The fraction of sp³-hybridized carbons (Fsp3) is 0.429. The van der Waals surface area contributed by atoms with Crippen LogP contribution in [0, 0.1) is 0 Å². The summed E-state index contributed by atoms with van der Waals surface area (Å²) >= 11 is 0. The van der Waals surface area contributed by atoms with Gasteiger partial charge in [-0.1, -0.05) is 0 Å². The van der Waals surface area contributed by atoms with E-state index in [1.54, 1.807) is 19.1 Å². The average Bonchev–Trinajstić information content (AvgIpc) is 2.71. The smallest absolute Gasteiger partial charge is 0.417 e. The minimum Gasteiger partial charge on any atom is -0.493 e. The summed E-state index contributed by atoms with van der Waals surface area (Å²) in [5.74, 6) is 1.33. The monoisotopic (exact) mass is 408 g/mol. The third-order valence-electron chi connectivity index (χ3n) is 5.05. The van der Waals surface area contributed by atoms with Crippen molar-refractivity contribution in [2.75, 3.05) is 20.8 Å². The first-order chi connectivity index (χ1) is 13.8. The molecule has 0 fully saturated rings.